The summed E-state index contributed by atoms with van der Waals surface area (Å²) in [5.41, 5.74) is 6.15. The SMILES string of the molecule is Cc1cccnc1[C@@H]1CCC[C@H](c2nc3c(N4CCN(C)CC4)cccc3n2C)N1C. The Balaban J connectivity index is 1.50. The molecule has 0 spiro atoms. The maximum Gasteiger partial charge on any atom is 0.127 e. The number of benzene rings is 1. The number of rotatable bonds is 3. The smallest absolute Gasteiger partial charge is 0.127 e. The maximum atomic E-state index is 5.28. The summed E-state index contributed by atoms with van der Waals surface area (Å²) in [6.07, 6.45) is 5.42. The zero-order valence-electron chi connectivity index (χ0n) is 19.3. The number of fused-ring (bicyclic) bond motifs is 1. The normalized spacial score (nSPS) is 23.5. The van der Waals surface area contributed by atoms with Gasteiger partial charge in [-0.2, -0.15) is 0 Å². The predicted octanol–water partition coefficient (Wildman–Crippen LogP) is 3.93. The molecule has 164 valence electrons. The fourth-order valence-corrected chi connectivity index (χ4v) is 5.43. The molecule has 4 heterocycles. The number of imidazole rings is 1. The van der Waals surface area contributed by atoms with Crippen molar-refractivity contribution in [2.24, 2.45) is 7.05 Å². The highest BCUT2D eigenvalue weighted by molar-refractivity contribution is 5.89. The molecule has 0 radical (unpaired) electrons. The van der Waals surface area contributed by atoms with E-state index in [1.807, 2.05) is 12.3 Å². The summed E-state index contributed by atoms with van der Waals surface area (Å²) in [6, 6.07) is 11.5. The van der Waals surface area contributed by atoms with Crippen LogP contribution >= 0.6 is 0 Å². The van der Waals surface area contributed by atoms with Crippen molar-refractivity contribution in [2.45, 2.75) is 38.3 Å². The lowest BCUT2D eigenvalue weighted by Gasteiger charge is -2.39. The van der Waals surface area contributed by atoms with E-state index in [0.717, 1.165) is 44.5 Å². The zero-order chi connectivity index (χ0) is 21.5. The summed E-state index contributed by atoms with van der Waals surface area (Å²) in [5.74, 6) is 1.18. The van der Waals surface area contributed by atoms with Gasteiger partial charge in [0.1, 0.15) is 11.3 Å². The molecule has 2 atom stereocenters. The quantitative estimate of drug-likeness (QED) is 0.645. The molecule has 0 N–H and O–H groups in total. The van der Waals surface area contributed by atoms with Crippen LogP contribution in [-0.2, 0) is 7.05 Å². The van der Waals surface area contributed by atoms with Crippen LogP contribution in [0.1, 0.15) is 48.4 Å². The van der Waals surface area contributed by atoms with Crippen LogP contribution in [0.25, 0.3) is 11.0 Å². The van der Waals surface area contributed by atoms with Crippen molar-refractivity contribution in [3.8, 4) is 0 Å². The van der Waals surface area contributed by atoms with Crippen LogP contribution in [0.15, 0.2) is 36.5 Å². The van der Waals surface area contributed by atoms with Crippen LogP contribution in [0.5, 0.6) is 0 Å². The lowest BCUT2D eigenvalue weighted by Crippen LogP contribution is -2.44. The second kappa shape index (κ2) is 8.24. The molecule has 31 heavy (non-hydrogen) atoms. The number of aryl methyl sites for hydroxylation is 2. The Morgan fingerprint density at radius 3 is 2.45 bits per heavy atom. The number of piperidine rings is 1. The van der Waals surface area contributed by atoms with E-state index >= 15 is 0 Å². The third-order valence-electron chi connectivity index (χ3n) is 7.37. The maximum absolute atomic E-state index is 5.28. The van der Waals surface area contributed by atoms with Crippen LogP contribution in [0, 0.1) is 6.92 Å². The molecule has 3 aromatic rings. The number of nitrogens with zero attached hydrogens (tertiary/aromatic N) is 6. The average Bonchev–Trinajstić information content (AvgIpc) is 3.12. The van der Waals surface area contributed by atoms with E-state index in [9.17, 15) is 0 Å². The van der Waals surface area contributed by atoms with Crippen LogP contribution in [0.3, 0.4) is 0 Å². The van der Waals surface area contributed by atoms with Gasteiger partial charge in [0.15, 0.2) is 0 Å². The first-order valence-electron chi connectivity index (χ1n) is 11.6. The lowest BCUT2D eigenvalue weighted by molar-refractivity contribution is 0.104. The Hall–Kier alpha value is -2.44. The van der Waals surface area contributed by atoms with Crippen molar-refractivity contribution >= 4 is 16.7 Å². The van der Waals surface area contributed by atoms with Gasteiger partial charge in [-0.15, -0.1) is 0 Å². The predicted molar refractivity (Wildman–Crippen MR) is 126 cm³/mol. The molecule has 2 aliphatic rings. The van der Waals surface area contributed by atoms with E-state index in [-0.39, 0.29) is 0 Å². The van der Waals surface area contributed by atoms with Crippen LogP contribution in [0.2, 0.25) is 0 Å². The summed E-state index contributed by atoms with van der Waals surface area (Å²) < 4.78 is 2.32. The Morgan fingerprint density at radius 1 is 0.903 bits per heavy atom. The molecule has 0 unspecified atom stereocenters. The van der Waals surface area contributed by atoms with Gasteiger partial charge < -0.3 is 14.4 Å². The lowest BCUT2D eigenvalue weighted by atomic mass is 9.92. The van der Waals surface area contributed by atoms with Gasteiger partial charge in [0.25, 0.3) is 0 Å². The second-order valence-corrected chi connectivity index (χ2v) is 9.30. The summed E-state index contributed by atoms with van der Waals surface area (Å²) in [4.78, 5) is 17.4. The number of pyridine rings is 1. The fraction of sp³-hybridized carbons (Fsp3) is 0.520. The van der Waals surface area contributed by atoms with Gasteiger partial charge in [0.2, 0.25) is 0 Å². The van der Waals surface area contributed by atoms with E-state index in [2.05, 4.69) is 71.6 Å². The summed E-state index contributed by atoms with van der Waals surface area (Å²) in [5, 5.41) is 0. The number of piperazine rings is 1. The monoisotopic (exact) mass is 418 g/mol. The molecule has 0 bridgehead atoms. The molecule has 6 nitrogen and oxygen atoms in total. The third-order valence-corrected chi connectivity index (χ3v) is 7.37. The highest BCUT2D eigenvalue weighted by Crippen LogP contribution is 2.41. The minimum Gasteiger partial charge on any atom is -0.367 e. The highest BCUT2D eigenvalue weighted by atomic mass is 15.3. The molecule has 6 heteroatoms. The van der Waals surface area contributed by atoms with E-state index in [1.165, 1.54) is 34.7 Å². The highest BCUT2D eigenvalue weighted by Gasteiger charge is 2.34. The number of hydrogen-bond acceptors (Lipinski definition) is 5. The van der Waals surface area contributed by atoms with Crippen molar-refractivity contribution < 1.29 is 0 Å². The van der Waals surface area contributed by atoms with E-state index in [0.29, 0.717) is 12.1 Å². The Kier molecular flexibility index (Phi) is 5.44. The number of para-hydroxylation sites is 1. The molecule has 0 amide bonds. The van der Waals surface area contributed by atoms with Crippen molar-refractivity contribution in [3.63, 3.8) is 0 Å². The molecule has 2 aliphatic heterocycles. The van der Waals surface area contributed by atoms with Crippen LogP contribution in [-0.4, -0.2) is 64.6 Å². The molecule has 2 fully saturated rings. The van der Waals surface area contributed by atoms with Gasteiger partial charge in [0.05, 0.1) is 29.0 Å². The van der Waals surface area contributed by atoms with Gasteiger partial charge in [-0.3, -0.25) is 9.88 Å². The third kappa shape index (κ3) is 3.62. The van der Waals surface area contributed by atoms with E-state index < -0.39 is 0 Å². The van der Waals surface area contributed by atoms with Crippen LogP contribution < -0.4 is 4.90 Å². The molecular weight excluding hydrogens is 384 g/mol. The Morgan fingerprint density at radius 2 is 1.68 bits per heavy atom. The zero-order valence-corrected chi connectivity index (χ0v) is 19.3. The standard InChI is InChI=1S/C25H34N6/c1-18-8-7-13-26-23(18)19-9-6-12-22(29(19)3)25-27-24-20(30(25)4)10-5-11-21(24)31-16-14-28(2)15-17-31/h5,7-8,10-11,13,19,22H,6,9,12,14-17H2,1-4H3/t19-,22+/m0/s1. The van der Waals surface area contributed by atoms with Crippen molar-refractivity contribution in [1.29, 1.82) is 0 Å². The topological polar surface area (TPSA) is 40.4 Å². The number of likely N-dealkylation sites (N-methyl/N-ethyl adjacent to an activating group) is 1. The van der Waals surface area contributed by atoms with Crippen LogP contribution in [0.4, 0.5) is 5.69 Å². The van der Waals surface area contributed by atoms with Gasteiger partial charge in [-0.1, -0.05) is 12.1 Å². The molecule has 2 aromatic heterocycles. The molecule has 5 rings (SSSR count). The Bertz CT molecular complexity index is 1070. The molecule has 1 aromatic carbocycles. The van der Waals surface area contributed by atoms with E-state index in [1.54, 1.807) is 0 Å². The number of anilines is 1. The minimum absolute atomic E-state index is 0.304. The average molecular weight is 419 g/mol. The van der Waals surface area contributed by atoms with Gasteiger partial charge in [-0.05, 0) is 64.0 Å². The second-order valence-electron chi connectivity index (χ2n) is 9.30. The molecule has 2 saturated heterocycles. The Labute approximate surface area is 185 Å². The first-order chi connectivity index (χ1) is 15.0. The van der Waals surface area contributed by atoms with Gasteiger partial charge >= 0.3 is 0 Å². The minimum atomic E-state index is 0.304. The number of likely N-dealkylation sites (tertiary alicyclic amines) is 1. The first kappa shape index (κ1) is 20.5. The first-order valence-corrected chi connectivity index (χ1v) is 11.6. The molecule has 0 saturated carbocycles. The van der Waals surface area contributed by atoms with E-state index in [4.69, 9.17) is 9.97 Å². The van der Waals surface area contributed by atoms with Crippen molar-refractivity contribution in [1.82, 2.24) is 24.3 Å². The van der Waals surface area contributed by atoms with Crippen molar-refractivity contribution in [2.75, 3.05) is 45.2 Å². The fourth-order valence-electron chi connectivity index (χ4n) is 5.43. The van der Waals surface area contributed by atoms with Gasteiger partial charge in [-0.25, -0.2) is 4.98 Å². The van der Waals surface area contributed by atoms with Gasteiger partial charge in [0, 0.05) is 39.4 Å². The summed E-state index contributed by atoms with van der Waals surface area (Å²) >= 11 is 0. The van der Waals surface area contributed by atoms with Crippen molar-refractivity contribution in [3.05, 3.63) is 53.6 Å². The largest absolute Gasteiger partial charge is 0.367 e. The molecular formula is C25H34N6. The molecule has 0 aliphatic carbocycles. The summed E-state index contributed by atoms with van der Waals surface area (Å²) in [6.45, 7) is 6.51. The number of aromatic nitrogens is 3. The number of hydrogen-bond donors (Lipinski definition) is 0. The summed E-state index contributed by atoms with van der Waals surface area (Å²) in [7, 11) is 6.64.